The second-order valence-corrected chi connectivity index (χ2v) is 7.67. The highest BCUT2D eigenvalue weighted by atomic mass is 32.2. The molecule has 2 aromatic carbocycles. The van der Waals surface area contributed by atoms with Gasteiger partial charge in [-0.15, -0.1) is 0 Å². The van der Waals surface area contributed by atoms with E-state index in [1.54, 1.807) is 24.3 Å². The Morgan fingerprint density at radius 2 is 1.96 bits per heavy atom. The molecule has 2 aromatic rings. The van der Waals surface area contributed by atoms with Gasteiger partial charge in [0.1, 0.15) is 5.82 Å². The Morgan fingerprint density at radius 3 is 2.54 bits per heavy atom. The van der Waals surface area contributed by atoms with Gasteiger partial charge in [0.2, 0.25) is 10.0 Å². The van der Waals surface area contributed by atoms with E-state index in [0.717, 1.165) is 25.5 Å². The molecule has 0 saturated carbocycles. The van der Waals surface area contributed by atoms with Crippen LogP contribution in [0.25, 0.3) is 11.1 Å². The van der Waals surface area contributed by atoms with Crippen molar-refractivity contribution in [2.45, 2.75) is 23.8 Å². The summed E-state index contributed by atoms with van der Waals surface area (Å²) in [5.41, 5.74) is 1.20. The van der Waals surface area contributed by atoms with E-state index in [9.17, 15) is 17.6 Å². The van der Waals surface area contributed by atoms with E-state index in [4.69, 9.17) is 9.88 Å². The predicted molar refractivity (Wildman–Crippen MR) is 94.5 cm³/mol. The first-order valence-corrected chi connectivity index (χ1v) is 9.72. The molecule has 3 N–H and O–H groups in total. The molecule has 0 aromatic heterocycles. The van der Waals surface area contributed by atoms with E-state index < -0.39 is 15.8 Å². The van der Waals surface area contributed by atoms with Crippen molar-refractivity contribution < 1.29 is 22.3 Å². The van der Waals surface area contributed by atoms with Gasteiger partial charge in [-0.25, -0.2) is 17.9 Å². The summed E-state index contributed by atoms with van der Waals surface area (Å²) in [7, 11) is -3.96. The Hall–Kier alpha value is -2.29. The highest BCUT2D eigenvalue weighted by Gasteiger charge is 2.17. The van der Waals surface area contributed by atoms with E-state index in [2.05, 4.69) is 5.32 Å². The van der Waals surface area contributed by atoms with E-state index in [-0.39, 0.29) is 22.5 Å². The van der Waals surface area contributed by atoms with Crippen LogP contribution in [0.15, 0.2) is 47.4 Å². The minimum Gasteiger partial charge on any atom is -0.376 e. The highest BCUT2D eigenvalue weighted by Crippen LogP contribution is 2.25. The van der Waals surface area contributed by atoms with Crippen LogP contribution in [0.4, 0.5) is 4.39 Å². The number of nitrogens with one attached hydrogen (secondary N) is 1. The predicted octanol–water partition coefficient (Wildman–Crippen LogP) is 2.05. The van der Waals surface area contributed by atoms with Crippen LogP contribution in [0.1, 0.15) is 23.2 Å². The fourth-order valence-corrected chi connectivity index (χ4v) is 3.35. The van der Waals surface area contributed by atoms with Crippen LogP contribution in [0.2, 0.25) is 0 Å². The molecular formula is C18H19FN2O4S. The van der Waals surface area contributed by atoms with Gasteiger partial charge in [0, 0.05) is 24.3 Å². The second-order valence-electron chi connectivity index (χ2n) is 6.11. The minimum absolute atomic E-state index is 0.0599. The lowest BCUT2D eigenvalue weighted by atomic mass is 10.0. The summed E-state index contributed by atoms with van der Waals surface area (Å²) in [4.78, 5) is 11.9. The SMILES string of the molecule is NS(=O)(=O)c1ccc(-c2ccc(C(=O)NCC3CCCO3)cc2)c(F)c1. The summed E-state index contributed by atoms with van der Waals surface area (Å²) in [5, 5.41) is 7.81. The molecule has 1 saturated heterocycles. The van der Waals surface area contributed by atoms with Crippen LogP contribution in [0.3, 0.4) is 0 Å². The molecule has 1 amide bonds. The zero-order valence-electron chi connectivity index (χ0n) is 13.9. The molecule has 0 radical (unpaired) electrons. The van der Waals surface area contributed by atoms with Crippen LogP contribution >= 0.6 is 0 Å². The Kier molecular flexibility index (Phi) is 5.36. The number of primary sulfonamides is 1. The van der Waals surface area contributed by atoms with E-state index in [1.807, 2.05) is 0 Å². The second kappa shape index (κ2) is 7.53. The van der Waals surface area contributed by atoms with Crippen molar-refractivity contribution >= 4 is 15.9 Å². The van der Waals surface area contributed by atoms with Crippen molar-refractivity contribution in [3.63, 3.8) is 0 Å². The molecule has 6 nitrogen and oxygen atoms in total. The summed E-state index contributed by atoms with van der Waals surface area (Å²) < 4.78 is 42.2. The van der Waals surface area contributed by atoms with Crippen LogP contribution in [0.5, 0.6) is 0 Å². The number of amides is 1. The van der Waals surface area contributed by atoms with Gasteiger partial charge in [-0.2, -0.15) is 0 Å². The summed E-state index contributed by atoms with van der Waals surface area (Å²) >= 11 is 0. The fraction of sp³-hybridized carbons (Fsp3) is 0.278. The van der Waals surface area contributed by atoms with Crippen LogP contribution in [-0.4, -0.2) is 33.6 Å². The van der Waals surface area contributed by atoms with Gasteiger partial charge >= 0.3 is 0 Å². The monoisotopic (exact) mass is 378 g/mol. The van der Waals surface area contributed by atoms with Gasteiger partial charge in [-0.1, -0.05) is 18.2 Å². The van der Waals surface area contributed by atoms with Gasteiger partial charge in [0.25, 0.3) is 5.91 Å². The molecule has 1 fully saturated rings. The number of hydrogen-bond acceptors (Lipinski definition) is 4. The zero-order chi connectivity index (χ0) is 18.7. The van der Waals surface area contributed by atoms with E-state index in [0.29, 0.717) is 17.7 Å². The molecule has 1 heterocycles. The molecule has 0 bridgehead atoms. The Bertz CT molecular complexity index is 907. The molecule has 26 heavy (non-hydrogen) atoms. The van der Waals surface area contributed by atoms with Crippen LogP contribution < -0.4 is 10.5 Å². The Morgan fingerprint density at radius 1 is 1.23 bits per heavy atom. The lowest BCUT2D eigenvalue weighted by molar-refractivity contribution is 0.0858. The summed E-state index contributed by atoms with van der Waals surface area (Å²) in [5.74, 6) is -0.927. The van der Waals surface area contributed by atoms with Crippen LogP contribution in [-0.2, 0) is 14.8 Å². The molecule has 1 aliphatic heterocycles. The van der Waals surface area contributed by atoms with Gasteiger partial charge in [-0.05, 0) is 42.7 Å². The third-order valence-corrected chi connectivity index (χ3v) is 5.15. The van der Waals surface area contributed by atoms with Crippen molar-refractivity contribution in [3.05, 3.63) is 53.8 Å². The third-order valence-electron chi connectivity index (χ3n) is 4.24. The molecule has 138 valence electrons. The lowest BCUT2D eigenvalue weighted by Crippen LogP contribution is -2.31. The first kappa shape index (κ1) is 18.5. The molecule has 1 aliphatic rings. The number of carbonyl (C=O) groups excluding carboxylic acids is 1. The normalized spacial score (nSPS) is 17.2. The van der Waals surface area contributed by atoms with Crippen molar-refractivity contribution in [3.8, 4) is 11.1 Å². The number of halogens is 1. The number of rotatable bonds is 5. The lowest BCUT2D eigenvalue weighted by Gasteiger charge is -2.11. The van der Waals surface area contributed by atoms with Crippen molar-refractivity contribution in [1.82, 2.24) is 5.32 Å². The van der Waals surface area contributed by atoms with Gasteiger partial charge in [-0.3, -0.25) is 4.79 Å². The number of sulfonamides is 1. The van der Waals surface area contributed by atoms with Crippen molar-refractivity contribution in [1.29, 1.82) is 0 Å². The third kappa shape index (κ3) is 4.27. The molecule has 3 rings (SSSR count). The maximum atomic E-state index is 14.2. The number of carbonyl (C=O) groups is 1. The molecule has 0 spiro atoms. The quantitative estimate of drug-likeness (QED) is 0.832. The summed E-state index contributed by atoms with van der Waals surface area (Å²) in [6.45, 7) is 1.19. The molecule has 1 unspecified atom stereocenters. The average molecular weight is 378 g/mol. The zero-order valence-corrected chi connectivity index (χ0v) is 14.8. The number of nitrogens with two attached hydrogens (primary N) is 1. The van der Waals surface area contributed by atoms with Gasteiger partial charge in [0.05, 0.1) is 11.0 Å². The fourth-order valence-electron chi connectivity index (χ4n) is 2.82. The van der Waals surface area contributed by atoms with E-state index >= 15 is 0 Å². The molecule has 0 aliphatic carbocycles. The van der Waals surface area contributed by atoms with Crippen LogP contribution in [0, 0.1) is 5.82 Å². The Labute approximate surface area is 151 Å². The number of ether oxygens (including phenoxy) is 1. The van der Waals surface area contributed by atoms with Gasteiger partial charge < -0.3 is 10.1 Å². The molecule has 8 heteroatoms. The number of hydrogen-bond donors (Lipinski definition) is 2. The maximum Gasteiger partial charge on any atom is 0.251 e. The number of benzene rings is 2. The molecule has 1 atom stereocenters. The largest absolute Gasteiger partial charge is 0.376 e. The molecular weight excluding hydrogens is 359 g/mol. The van der Waals surface area contributed by atoms with Crippen molar-refractivity contribution in [2.75, 3.05) is 13.2 Å². The summed E-state index contributed by atoms with van der Waals surface area (Å²) in [6.07, 6.45) is 2.00. The Balaban J connectivity index is 1.72. The standard InChI is InChI=1S/C18H19FN2O4S/c19-17-10-15(26(20,23)24)7-8-16(17)12-3-5-13(6-4-12)18(22)21-11-14-2-1-9-25-14/h3-8,10,14H,1-2,9,11H2,(H,21,22)(H2,20,23,24). The minimum atomic E-state index is -3.96. The first-order valence-electron chi connectivity index (χ1n) is 8.17. The maximum absolute atomic E-state index is 14.2. The first-order chi connectivity index (χ1) is 12.3. The summed E-state index contributed by atoms with van der Waals surface area (Å²) in [6, 6.07) is 9.87. The van der Waals surface area contributed by atoms with Crippen molar-refractivity contribution in [2.24, 2.45) is 5.14 Å². The van der Waals surface area contributed by atoms with Gasteiger partial charge in [0.15, 0.2) is 0 Å². The van der Waals surface area contributed by atoms with E-state index in [1.165, 1.54) is 12.1 Å². The topological polar surface area (TPSA) is 98.5 Å². The smallest absolute Gasteiger partial charge is 0.251 e. The highest BCUT2D eigenvalue weighted by molar-refractivity contribution is 7.89. The average Bonchev–Trinajstić information content (AvgIpc) is 3.12.